The van der Waals surface area contributed by atoms with Crippen molar-refractivity contribution in [2.45, 2.75) is 42.5 Å². The van der Waals surface area contributed by atoms with Crippen molar-refractivity contribution < 1.29 is 4.79 Å². The highest BCUT2D eigenvalue weighted by Gasteiger charge is 2.25. The van der Waals surface area contributed by atoms with Crippen molar-refractivity contribution in [2.24, 2.45) is 0 Å². The Morgan fingerprint density at radius 1 is 1.28 bits per heavy atom. The fourth-order valence-electron chi connectivity index (χ4n) is 4.01. The molecule has 0 radical (unpaired) electrons. The summed E-state index contributed by atoms with van der Waals surface area (Å²) in [6.07, 6.45) is 2.35. The van der Waals surface area contributed by atoms with E-state index < -0.39 is 0 Å². The molecule has 2 aromatic carbocycles. The van der Waals surface area contributed by atoms with Crippen LogP contribution < -0.4 is 5.32 Å². The second kappa shape index (κ2) is 8.82. The molecule has 1 fully saturated rings. The van der Waals surface area contributed by atoms with Gasteiger partial charge >= 0.3 is 0 Å². The van der Waals surface area contributed by atoms with E-state index in [2.05, 4.69) is 47.2 Å². The maximum atomic E-state index is 13.1. The molecule has 1 amide bonds. The zero-order valence-corrected chi connectivity index (χ0v) is 18.4. The number of hydrogen-bond donors (Lipinski definition) is 2. The van der Waals surface area contributed by atoms with Crippen molar-refractivity contribution >= 4 is 40.2 Å². The number of halogens is 1. The van der Waals surface area contributed by atoms with Gasteiger partial charge in [-0.2, -0.15) is 0 Å². The number of hydrogen-bond acceptors (Lipinski definition) is 3. The Morgan fingerprint density at radius 3 is 2.83 bits per heavy atom. The molecule has 4 rings (SSSR count). The summed E-state index contributed by atoms with van der Waals surface area (Å²) in [5.74, 6) is -0.0433. The van der Waals surface area contributed by atoms with Gasteiger partial charge in [0.2, 0.25) is 0 Å². The van der Waals surface area contributed by atoms with Crippen molar-refractivity contribution in [1.29, 1.82) is 0 Å². The van der Waals surface area contributed by atoms with Crippen molar-refractivity contribution in [2.75, 3.05) is 19.6 Å². The minimum Gasteiger partial charge on any atom is -0.350 e. The van der Waals surface area contributed by atoms with Crippen LogP contribution >= 0.6 is 23.4 Å². The Balaban J connectivity index is 1.61. The molecule has 29 heavy (non-hydrogen) atoms. The Labute approximate surface area is 181 Å². The van der Waals surface area contributed by atoms with Crippen LogP contribution in [0, 0.1) is 6.92 Å². The third-order valence-corrected chi connectivity index (χ3v) is 6.96. The number of benzene rings is 2. The van der Waals surface area contributed by atoms with Crippen LogP contribution in [0.5, 0.6) is 0 Å². The predicted octanol–water partition coefficient (Wildman–Crippen LogP) is 5.50. The number of rotatable bonds is 6. The van der Waals surface area contributed by atoms with Crippen LogP contribution in [-0.4, -0.2) is 41.5 Å². The first-order valence-electron chi connectivity index (χ1n) is 10.1. The summed E-state index contributed by atoms with van der Waals surface area (Å²) >= 11 is 7.63. The standard InChI is InChI=1S/C23H26ClN3OS/c1-3-27-12-4-5-17(27)14-25-23(28)21-22(29-18-9-7-16(24)8-10-18)19-11-6-15(2)13-20(19)26-21/h6-11,13,17,26H,3-5,12,14H2,1-2H3,(H,25,28)/t17-/m1/s1. The first-order chi connectivity index (χ1) is 14.0. The number of carbonyl (C=O) groups excluding carboxylic acids is 1. The van der Waals surface area contributed by atoms with Crippen molar-refractivity contribution in [3.8, 4) is 0 Å². The summed E-state index contributed by atoms with van der Waals surface area (Å²) in [5.41, 5.74) is 2.78. The Kier molecular flexibility index (Phi) is 6.18. The largest absolute Gasteiger partial charge is 0.350 e. The number of nitrogens with zero attached hydrogens (tertiary/aromatic N) is 1. The summed E-state index contributed by atoms with van der Waals surface area (Å²) in [6.45, 7) is 7.09. The van der Waals surface area contributed by atoms with Gasteiger partial charge in [-0.3, -0.25) is 9.69 Å². The normalized spacial score (nSPS) is 17.1. The van der Waals surface area contributed by atoms with Gasteiger partial charge in [-0.25, -0.2) is 0 Å². The smallest absolute Gasteiger partial charge is 0.268 e. The second-order valence-corrected chi connectivity index (χ2v) is 9.09. The van der Waals surface area contributed by atoms with Crippen molar-refractivity contribution in [3.05, 3.63) is 58.7 Å². The second-order valence-electron chi connectivity index (χ2n) is 7.57. The number of aromatic nitrogens is 1. The molecule has 1 aliphatic heterocycles. The molecule has 0 unspecified atom stereocenters. The van der Waals surface area contributed by atoms with Crippen LogP contribution in [0.1, 0.15) is 35.8 Å². The van der Waals surface area contributed by atoms with Crippen LogP contribution in [0.4, 0.5) is 0 Å². The topological polar surface area (TPSA) is 48.1 Å². The quantitative estimate of drug-likeness (QED) is 0.546. The summed E-state index contributed by atoms with van der Waals surface area (Å²) < 4.78 is 0. The van der Waals surface area contributed by atoms with Crippen molar-refractivity contribution in [3.63, 3.8) is 0 Å². The predicted molar refractivity (Wildman–Crippen MR) is 121 cm³/mol. The Bertz CT molecular complexity index is 1010. The fourth-order valence-corrected chi connectivity index (χ4v) is 5.18. The molecule has 4 nitrogen and oxygen atoms in total. The number of amides is 1. The molecule has 1 aromatic heterocycles. The molecular formula is C23H26ClN3OS. The maximum Gasteiger partial charge on any atom is 0.268 e. The average molecular weight is 428 g/mol. The van der Waals surface area contributed by atoms with Crippen LogP contribution in [0.25, 0.3) is 10.9 Å². The lowest BCUT2D eigenvalue weighted by Crippen LogP contribution is -2.40. The molecule has 2 heterocycles. The van der Waals surface area contributed by atoms with Crippen LogP contribution in [-0.2, 0) is 0 Å². The average Bonchev–Trinajstić information content (AvgIpc) is 3.32. The molecule has 0 bridgehead atoms. The highest BCUT2D eigenvalue weighted by molar-refractivity contribution is 7.99. The number of H-pyrrole nitrogens is 1. The van der Waals surface area contributed by atoms with Gasteiger partial charge in [-0.15, -0.1) is 0 Å². The monoisotopic (exact) mass is 427 g/mol. The van der Waals surface area contributed by atoms with Gasteiger partial charge in [0.15, 0.2) is 0 Å². The SMILES string of the molecule is CCN1CCC[C@@H]1CNC(=O)c1[nH]c2cc(C)ccc2c1Sc1ccc(Cl)cc1. The van der Waals surface area contributed by atoms with Gasteiger partial charge in [0.05, 0.1) is 4.90 Å². The third-order valence-electron chi connectivity index (χ3n) is 5.57. The molecule has 2 N–H and O–H groups in total. The summed E-state index contributed by atoms with van der Waals surface area (Å²) in [4.78, 5) is 20.9. The minimum atomic E-state index is -0.0433. The number of nitrogens with one attached hydrogen (secondary N) is 2. The zero-order valence-electron chi connectivity index (χ0n) is 16.8. The van der Waals surface area contributed by atoms with E-state index in [0.717, 1.165) is 40.2 Å². The van der Waals surface area contributed by atoms with E-state index in [1.165, 1.54) is 12.0 Å². The molecule has 0 spiro atoms. The van der Waals surface area contributed by atoms with Gasteiger partial charge < -0.3 is 10.3 Å². The number of fused-ring (bicyclic) bond motifs is 1. The Hall–Kier alpha value is -1.95. The first-order valence-corrected chi connectivity index (χ1v) is 11.3. The highest BCUT2D eigenvalue weighted by atomic mass is 35.5. The van der Waals surface area contributed by atoms with E-state index in [0.29, 0.717) is 23.3 Å². The number of carbonyl (C=O) groups is 1. The molecule has 1 atom stereocenters. The van der Waals surface area contributed by atoms with E-state index >= 15 is 0 Å². The molecule has 0 saturated carbocycles. The van der Waals surface area contributed by atoms with Gasteiger partial charge in [0, 0.05) is 33.4 Å². The van der Waals surface area contributed by atoms with Gasteiger partial charge in [0.25, 0.3) is 5.91 Å². The van der Waals surface area contributed by atoms with E-state index in [1.807, 2.05) is 24.3 Å². The summed E-state index contributed by atoms with van der Waals surface area (Å²) in [5, 5.41) is 4.94. The molecule has 152 valence electrons. The van der Waals surface area contributed by atoms with Crippen LogP contribution in [0.15, 0.2) is 52.3 Å². The first kappa shape index (κ1) is 20.3. The lowest BCUT2D eigenvalue weighted by Gasteiger charge is -2.22. The van der Waals surface area contributed by atoms with Gasteiger partial charge in [0.1, 0.15) is 5.69 Å². The van der Waals surface area contributed by atoms with Gasteiger partial charge in [-0.1, -0.05) is 42.4 Å². The van der Waals surface area contributed by atoms with E-state index in [4.69, 9.17) is 11.6 Å². The van der Waals surface area contributed by atoms with E-state index in [-0.39, 0.29) is 5.91 Å². The number of likely N-dealkylation sites (N-methyl/N-ethyl adjacent to an activating group) is 1. The van der Waals surface area contributed by atoms with E-state index in [9.17, 15) is 4.79 Å². The number of aromatic amines is 1. The third kappa shape index (κ3) is 4.47. The van der Waals surface area contributed by atoms with Gasteiger partial charge in [-0.05, 0) is 68.8 Å². The molecule has 3 aromatic rings. The van der Waals surface area contributed by atoms with Crippen LogP contribution in [0.2, 0.25) is 5.02 Å². The molecule has 0 aliphatic carbocycles. The number of aryl methyl sites for hydroxylation is 1. The maximum absolute atomic E-state index is 13.1. The lowest BCUT2D eigenvalue weighted by atomic mass is 10.2. The number of likely N-dealkylation sites (tertiary alicyclic amines) is 1. The minimum absolute atomic E-state index is 0.0433. The highest BCUT2D eigenvalue weighted by Crippen LogP contribution is 2.37. The molecular weight excluding hydrogens is 402 g/mol. The van der Waals surface area contributed by atoms with Crippen LogP contribution in [0.3, 0.4) is 0 Å². The molecule has 1 aliphatic rings. The lowest BCUT2D eigenvalue weighted by molar-refractivity contribution is 0.0934. The zero-order chi connectivity index (χ0) is 20.4. The van der Waals surface area contributed by atoms with Crippen molar-refractivity contribution in [1.82, 2.24) is 15.2 Å². The Morgan fingerprint density at radius 2 is 2.07 bits per heavy atom. The summed E-state index contributed by atoms with van der Waals surface area (Å²) in [6, 6.07) is 14.4. The molecule has 6 heteroatoms. The molecule has 1 saturated heterocycles. The fraction of sp³-hybridized carbons (Fsp3) is 0.348. The van der Waals surface area contributed by atoms with E-state index in [1.54, 1.807) is 11.8 Å². The summed E-state index contributed by atoms with van der Waals surface area (Å²) in [7, 11) is 0.